The lowest BCUT2D eigenvalue weighted by molar-refractivity contribution is -0.930. The van der Waals surface area contributed by atoms with Crippen LogP contribution in [-0.2, 0) is 19.6 Å². The molecule has 2 atom stereocenters. The SMILES string of the molecule is C[C@H](O)C[NH+](Cc1ccccc1)Cc1cccn1Cc1ccccc1F. The van der Waals surface area contributed by atoms with Crippen molar-refractivity contribution < 1.29 is 14.4 Å². The minimum atomic E-state index is -0.372. The van der Waals surface area contributed by atoms with E-state index >= 15 is 0 Å². The Morgan fingerprint density at radius 3 is 2.42 bits per heavy atom. The van der Waals surface area contributed by atoms with Crippen LogP contribution in [0.3, 0.4) is 0 Å². The van der Waals surface area contributed by atoms with Crippen molar-refractivity contribution in [3.05, 3.63) is 95.6 Å². The van der Waals surface area contributed by atoms with E-state index in [1.54, 1.807) is 6.07 Å². The fourth-order valence-electron chi connectivity index (χ4n) is 3.34. The summed E-state index contributed by atoms with van der Waals surface area (Å²) in [7, 11) is 0. The first-order valence-corrected chi connectivity index (χ1v) is 9.05. The zero-order chi connectivity index (χ0) is 18.4. The number of aliphatic hydroxyl groups is 1. The van der Waals surface area contributed by atoms with Crippen LogP contribution in [0.15, 0.2) is 72.9 Å². The molecule has 0 aliphatic rings. The maximum Gasteiger partial charge on any atom is 0.128 e. The Morgan fingerprint density at radius 1 is 0.962 bits per heavy atom. The third kappa shape index (κ3) is 5.04. The topological polar surface area (TPSA) is 29.6 Å². The standard InChI is InChI=1S/C22H25FN2O/c1-18(26)14-24(15-19-8-3-2-4-9-19)17-21-11-7-13-25(21)16-20-10-5-6-12-22(20)23/h2-13,18,26H,14-17H2,1H3/p+1/t18-/m0/s1. The molecule has 3 rings (SSSR count). The van der Waals surface area contributed by atoms with E-state index in [9.17, 15) is 9.50 Å². The zero-order valence-corrected chi connectivity index (χ0v) is 15.1. The van der Waals surface area contributed by atoms with Crippen molar-refractivity contribution in [1.29, 1.82) is 0 Å². The van der Waals surface area contributed by atoms with E-state index < -0.39 is 0 Å². The molecule has 4 heteroatoms. The van der Waals surface area contributed by atoms with E-state index in [2.05, 4.69) is 22.8 Å². The van der Waals surface area contributed by atoms with Crippen LogP contribution in [0.5, 0.6) is 0 Å². The minimum absolute atomic E-state index is 0.176. The van der Waals surface area contributed by atoms with E-state index in [1.165, 1.54) is 16.5 Å². The molecule has 3 aromatic rings. The Morgan fingerprint density at radius 2 is 1.69 bits per heavy atom. The smallest absolute Gasteiger partial charge is 0.128 e. The van der Waals surface area contributed by atoms with Gasteiger partial charge in [-0.25, -0.2) is 4.39 Å². The van der Waals surface area contributed by atoms with Crippen LogP contribution >= 0.6 is 0 Å². The summed E-state index contributed by atoms with van der Waals surface area (Å²) in [4.78, 5) is 1.28. The van der Waals surface area contributed by atoms with Gasteiger partial charge in [0.1, 0.15) is 31.6 Å². The predicted octanol–water partition coefficient (Wildman–Crippen LogP) is 2.64. The fourth-order valence-corrected chi connectivity index (χ4v) is 3.34. The highest BCUT2D eigenvalue weighted by atomic mass is 19.1. The lowest BCUT2D eigenvalue weighted by Crippen LogP contribution is -3.10. The molecule has 0 radical (unpaired) electrons. The number of halogens is 1. The molecule has 0 aliphatic carbocycles. The summed E-state index contributed by atoms with van der Waals surface area (Å²) in [5, 5.41) is 9.89. The molecule has 0 saturated heterocycles. The highest BCUT2D eigenvalue weighted by Crippen LogP contribution is 2.11. The number of quaternary nitrogens is 1. The molecule has 0 aliphatic heterocycles. The third-order valence-corrected chi connectivity index (χ3v) is 4.53. The maximum absolute atomic E-state index is 14.0. The number of benzene rings is 2. The molecule has 0 amide bonds. The van der Waals surface area contributed by atoms with Gasteiger partial charge in [-0.2, -0.15) is 0 Å². The van der Waals surface area contributed by atoms with Crippen molar-refractivity contribution in [2.24, 2.45) is 0 Å². The molecular weight excluding hydrogens is 327 g/mol. The van der Waals surface area contributed by atoms with Gasteiger partial charge in [0.05, 0.1) is 12.2 Å². The van der Waals surface area contributed by atoms with Gasteiger partial charge in [-0.1, -0.05) is 48.5 Å². The number of hydrogen-bond donors (Lipinski definition) is 2. The average molecular weight is 353 g/mol. The van der Waals surface area contributed by atoms with Crippen molar-refractivity contribution in [2.45, 2.75) is 32.7 Å². The second-order valence-corrected chi connectivity index (χ2v) is 6.86. The summed E-state index contributed by atoms with van der Waals surface area (Å²) >= 11 is 0. The molecule has 0 fully saturated rings. The van der Waals surface area contributed by atoms with Gasteiger partial charge in [-0.15, -0.1) is 0 Å². The molecule has 26 heavy (non-hydrogen) atoms. The Labute approximate surface area is 154 Å². The second kappa shape index (κ2) is 8.79. The Bertz CT molecular complexity index is 814. The van der Waals surface area contributed by atoms with Crippen LogP contribution in [-0.4, -0.2) is 22.3 Å². The number of aromatic nitrogens is 1. The lowest BCUT2D eigenvalue weighted by Gasteiger charge is -2.22. The Balaban J connectivity index is 1.75. The van der Waals surface area contributed by atoms with Gasteiger partial charge >= 0.3 is 0 Å². The summed E-state index contributed by atoms with van der Waals surface area (Å²) in [5.74, 6) is -0.176. The molecule has 1 aromatic heterocycles. The normalized spacial score (nSPS) is 13.5. The molecule has 2 aromatic carbocycles. The highest BCUT2D eigenvalue weighted by molar-refractivity contribution is 5.19. The Kier molecular flexibility index (Phi) is 6.21. The van der Waals surface area contributed by atoms with Crippen LogP contribution in [0.2, 0.25) is 0 Å². The van der Waals surface area contributed by atoms with Gasteiger partial charge in [0.2, 0.25) is 0 Å². The van der Waals surface area contributed by atoms with Crippen LogP contribution < -0.4 is 4.90 Å². The molecule has 1 heterocycles. The highest BCUT2D eigenvalue weighted by Gasteiger charge is 2.16. The molecule has 1 unspecified atom stereocenters. The number of nitrogens with zero attached hydrogens (tertiary/aromatic N) is 1. The molecule has 0 bridgehead atoms. The minimum Gasteiger partial charge on any atom is -0.388 e. The van der Waals surface area contributed by atoms with Gasteiger partial charge in [0.15, 0.2) is 0 Å². The second-order valence-electron chi connectivity index (χ2n) is 6.86. The summed E-state index contributed by atoms with van der Waals surface area (Å²) in [6.07, 6.45) is 1.62. The van der Waals surface area contributed by atoms with Crippen LogP contribution in [0.1, 0.15) is 23.7 Å². The number of aliphatic hydroxyl groups excluding tert-OH is 1. The zero-order valence-electron chi connectivity index (χ0n) is 15.1. The fraction of sp³-hybridized carbons (Fsp3) is 0.273. The molecule has 3 nitrogen and oxygen atoms in total. The van der Waals surface area contributed by atoms with Gasteiger partial charge in [0, 0.05) is 17.3 Å². The van der Waals surface area contributed by atoms with E-state index in [1.807, 2.05) is 49.5 Å². The van der Waals surface area contributed by atoms with Gasteiger partial charge in [-0.05, 0) is 25.1 Å². The van der Waals surface area contributed by atoms with Crippen molar-refractivity contribution >= 4 is 0 Å². The lowest BCUT2D eigenvalue weighted by atomic mass is 10.2. The van der Waals surface area contributed by atoms with Crippen molar-refractivity contribution in [3.63, 3.8) is 0 Å². The van der Waals surface area contributed by atoms with Crippen molar-refractivity contribution in [3.8, 4) is 0 Å². The number of hydrogen-bond acceptors (Lipinski definition) is 1. The predicted molar refractivity (Wildman–Crippen MR) is 101 cm³/mol. The largest absolute Gasteiger partial charge is 0.388 e. The molecule has 2 N–H and O–H groups in total. The first-order chi connectivity index (χ1) is 12.6. The maximum atomic E-state index is 14.0. The number of nitrogens with one attached hydrogen (secondary N) is 1. The van der Waals surface area contributed by atoms with E-state index in [4.69, 9.17) is 0 Å². The summed E-state index contributed by atoms with van der Waals surface area (Å²) < 4.78 is 16.1. The molecule has 136 valence electrons. The van der Waals surface area contributed by atoms with Gasteiger partial charge in [0.25, 0.3) is 0 Å². The monoisotopic (exact) mass is 353 g/mol. The first kappa shape index (κ1) is 18.4. The van der Waals surface area contributed by atoms with E-state index in [0.717, 1.165) is 18.8 Å². The summed E-state index contributed by atoms with van der Waals surface area (Å²) in [5.41, 5.74) is 3.07. The van der Waals surface area contributed by atoms with Crippen LogP contribution in [0, 0.1) is 5.82 Å². The number of rotatable bonds is 8. The van der Waals surface area contributed by atoms with Gasteiger partial charge in [-0.3, -0.25) is 0 Å². The van der Waals surface area contributed by atoms with Crippen molar-refractivity contribution in [2.75, 3.05) is 6.54 Å². The van der Waals surface area contributed by atoms with Crippen LogP contribution in [0.25, 0.3) is 0 Å². The molecule has 0 spiro atoms. The first-order valence-electron chi connectivity index (χ1n) is 9.05. The van der Waals surface area contributed by atoms with Gasteiger partial charge < -0.3 is 14.6 Å². The quantitative estimate of drug-likeness (QED) is 0.641. The van der Waals surface area contributed by atoms with Crippen LogP contribution in [0.4, 0.5) is 4.39 Å². The molecular formula is C22H26FN2O+. The van der Waals surface area contributed by atoms with E-state index in [0.29, 0.717) is 18.7 Å². The van der Waals surface area contributed by atoms with Crippen molar-refractivity contribution in [1.82, 2.24) is 4.57 Å². The van der Waals surface area contributed by atoms with E-state index in [-0.39, 0.29) is 11.9 Å². The molecule has 0 saturated carbocycles. The summed E-state index contributed by atoms with van der Waals surface area (Å²) in [6.45, 7) is 4.63. The Hall–Kier alpha value is -2.43. The third-order valence-electron chi connectivity index (χ3n) is 4.53. The average Bonchev–Trinajstić information content (AvgIpc) is 3.04. The summed E-state index contributed by atoms with van der Waals surface area (Å²) in [6, 6.07) is 21.3.